The van der Waals surface area contributed by atoms with Gasteiger partial charge in [0.2, 0.25) is 0 Å². The Hall–Kier alpha value is -0.390. The van der Waals surface area contributed by atoms with Gasteiger partial charge in [-0.3, -0.25) is 0 Å². The highest BCUT2D eigenvalue weighted by atomic mass is 35.5. The molecular formula is C8H13ClN4S. The summed E-state index contributed by atoms with van der Waals surface area (Å²) < 4.78 is 8.02. The van der Waals surface area contributed by atoms with Crippen LogP contribution in [0.25, 0.3) is 0 Å². The smallest absolute Gasteiger partial charge is 0.186 e. The number of anilines is 1. The molecule has 1 aliphatic rings. The van der Waals surface area contributed by atoms with Gasteiger partial charge in [0, 0.05) is 6.04 Å². The lowest BCUT2D eigenvalue weighted by Crippen LogP contribution is -2.36. The first kappa shape index (κ1) is 10.1. The average molecular weight is 233 g/mol. The van der Waals surface area contributed by atoms with Crippen LogP contribution in [0.3, 0.4) is 0 Å². The zero-order chi connectivity index (χ0) is 9.97. The van der Waals surface area contributed by atoms with Gasteiger partial charge in [-0.05, 0) is 33.0 Å². The highest BCUT2D eigenvalue weighted by molar-refractivity contribution is 6.99. The fourth-order valence-corrected chi connectivity index (χ4v) is 2.27. The van der Waals surface area contributed by atoms with E-state index in [0.717, 1.165) is 43.5 Å². The van der Waals surface area contributed by atoms with E-state index in [4.69, 9.17) is 11.6 Å². The first-order valence-corrected chi connectivity index (χ1v) is 5.79. The first-order valence-electron chi connectivity index (χ1n) is 4.69. The normalized spacial score (nSPS) is 19.9. The van der Waals surface area contributed by atoms with Crippen LogP contribution in [0.5, 0.6) is 0 Å². The molecule has 1 aliphatic heterocycles. The summed E-state index contributed by atoms with van der Waals surface area (Å²) in [4.78, 5) is 2.33. The lowest BCUT2D eigenvalue weighted by atomic mass is 10.1. The molecule has 6 heteroatoms. The van der Waals surface area contributed by atoms with E-state index >= 15 is 0 Å². The Kier molecular flexibility index (Phi) is 3.20. The molecule has 1 saturated heterocycles. The van der Waals surface area contributed by atoms with E-state index in [9.17, 15) is 0 Å². The highest BCUT2D eigenvalue weighted by Crippen LogP contribution is 2.21. The van der Waals surface area contributed by atoms with E-state index in [2.05, 4.69) is 26.0 Å². The van der Waals surface area contributed by atoms with Crippen LogP contribution in [0.15, 0.2) is 0 Å². The van der Waals surface area contributed by atoms with Crippen LogP contribution in [-0.4, -0.2) is 39.8 Å². The van der Waals surface area contributed by atoms with Crippen molar-refractivity contribution in [2.45, 2.75) is 18.9 Å². The topological polar surface area (TPSA) is 41.0 Å². The van der Waals surface area contributed by atoms with Crippen molar-refractivity contribution in [3.8, 4) is 0 Å². The number of piperidine rings is 1. The lowest BCUT2D eigenvalue weighted by Gasteiger charge is -2.29. The Labute approximate surface area is 92.6 Å². The van der Waals surface area contributed by atoms with Crippen LogP contribution in [-0.2, 0) is 0 Å². The first-order chi connectivity index (χ1) is 6.75. The zero-order valence-electron chi connectivity index (χ0n) is 8.03. The minimum absolute atomic E-state index is 0.493. The van der Waals surface area contributed by atoms with E-state index in [-0.39, 0.29) is 0 Å². The quantitative estimate of drug-likeness (QED) is 0.843. The van der Waals surface area contributed by atoms with Crippen molar-refractivity contribution < 1.29 is 0 Å². The molecule has 1 fully saturated rings. The molecule has 4 nitrogen and oxygen atoms in total. The second-order valence-electron chi connectivity index (χ2n) is 3.63. The van der Waals surface area contributed by atoms with Gasteiger partial charge in [-0.15, -0.1) is 0 Å². The Morgan fingerprint density at radius 1 is 1.43 bits per heavy atom. The number of rotatable bonds is 2. The summed E-state index contributed by atoms with van der Waals surface area (Å²) in [6.07, 6.45) is 2.29. The molecule has 0 atom stereocenters. The Morgan fingerprint density at radius 2 is 2.14 bits per heavy atom. The number of hydrogen-bond acceptors (Lipinski definition) is 5. The molecule has 1 N–H and O–H groups in total. The maximum atomic E-state index is 5.85. The largest absolute Gasteiger partial charge is 0.364 e. The Bertz CT molecular complexity index is 295. The molecule has 2 heterocycles. The van der Waals surface area contributed by atoms with E-state index in [1.807, 2.05) is 0 Å². The predicted molar refractivity (Wildman–Crippen MR) is 59.1 cm³/mol. The number of hydrogen-bond donors (Lipinski definition) is 1. The van der Waals surface area contributed by atoms with Gasteiger partial charge >= 0.3 is 0 Å². The summed E-state index contributed by atoms with van der Waals surface area (Å²) in [6.45, 7) is 2.26. The fraction of sp³-hybridized carbons (Fsp3) is 0.750. The van der Waals surface area contributed by atoms with Crippen LogP contribution >= 0.6 is 23.3 Å². The Morgan fingerprint density at radius 3 is 2.71 bits per heavy atom. The number of likely N-dealkylation sites (tertiary alicyclic amines) is 1. The minimum atomic E-state index is 0.493. The maximum Gasteiger partial charge on any atom is 0.186 e. The number of aromatic nitrogens is 2. The van der Waals surface area contributed by atoms with E-state index in [1.165, 1.54) is 0 Å². The molecule has 0 spiro atoms. The molecular weight excluding hydrogens is 220 g/mol. The summed E-state index contributed by atoms with van der Waals surface area (Å²) in [5.74, 6) is 0.742. The molecule has 0 saturated carbocycles. The molecule has 0 aromatic carbocycles. The van der Waals surface area contributed by atoms with Crippen LogP contribution in [0.1, 0.15) is 12.8 Å². The van der Waals surface area contributed by atoms with Crippen molar-refractivity contribution in [1.82, 2.24) is 13.6 Å². The minimum Gasteiger partial charge on any atom is -0.364 e. The third-order valence-electron chi connectivity index (χ3n) is 2.51. The van der Waals surface area contributed by atoms with Crippen LogP contribution < -0.4 is 5.32 Å². The number of halogens is 1. The van der Waals surface area contributed by atoms with E-state index in [1.54, 1.807) is 0 Å². The monoisotopic (exact) mass is 232 g/mol. The highest BCUT2D eigenvalue weighted by Gasteiger charge is 2.18. The number of nitrogens with zero attached hydrogens (tertiary/aromatic N) is 3. The molecule has 0 aliphatic carbocycles. The molecule has 1 aromatic rings. The molecule has 0 bridgehead atoms. The third-order valence-corrected chi connectivity index (χ3v) is 3.40. The van der Waals surface area contributed by atoms with Gasteiger partial charge in [-0.25, -0.2) is 0 Å². The second kappa shape index (κ2) is 4.42. The Balaban J connectivity index is 1.89. The van der Waals surface area contributed by atoms with Crippen LogP contribution in [0.4, 0.5) is 5.82 Å². The SMILES string of the molecule is CN1CCC(Nc2nsnc2Cl)CC1. The molecule has 14 heavy (non-hydrogen) atoms. The average Bonchev–Trinajstić information content (AvgIpc) is 2.56. The van der Waals surface area contributed by atoms with Crippen molar-refractivity contribution in [1.29, 1.82) is 0 Å². The van der Waals surface area contributed by atoms with E-state index < -0.39 is 0 Å². The lowest BCUT2D eigenvalue weighted by molar-refractivity contribution is 0.263. The van der Waals surface area contributed by atoms with E-state index in [0.29, 0.717) is 11.2 Å². The molecule has 0 unspecified atom stereocenters. The van der Waals surface area contributed by atoms with Crippen molar-refractivity contribution in [3.05, 3.63) is 5.15 Å². The maximum absolute atomic E-state index is 5.85. The van der Waals surface area contributed by atoms with Gasteiger partial charge in [-0.1, -0.05) is 11.6 Å². The van der Waals surface area contributed by atoms with Gasteiger partial charge in [0.25, 0.3) is 0 Å². The van der Waals surface area contributed by atoms with Gasteiger partial charge in [0.05, 0.1) is 11.7 Å². The summed E-state index contributed by atoms with van der Waals surface area (Å²) in [6, 6.07) is 0.493. The van der Waals surface area contributed by atoms with Crippen molar-refractivity contribution in [3.63, 3.8) is 0 Å². The molecule has 1 aromatic heterocycles. The van der Waals surface area contributed by atoms with Gasteiger partial charge in [0.15, 0.2) is 11.0 Å². The summed E-state index contributed by atoms with van der Waals surface area (Å²) in [5, 5.41) is 3.82. The molecule has 78 valence electrons. The van der Waals surface area contributed by atoms with Crippen LogP contribution in [0, 0.1) is 0 Å². The van der Waals surface area contributed by atoms with Gasteiger partial charge in [-0.2, -0.15) is 8.75 Å². The summed E-state index contributed by atoms with van der Waals surface area (Å²) in [5.41, 5.74) is 0. The second-order valence-corrected chi connectivity index (χ2v) is 4.51. The fourth-order valence-electron chi connectivity index (χ4n) is 1.61. The molecule has 0 radical (unpaired) electrons. The standard InChI is InChI=1S/C8H13ClN4S/c1-13-4-2-6(3-5-13)10-8-7(9)11-14-12-8/h6H,2-5H2,1H3,(H,10,12). The molecule has 0 amide bonds. The predicted octanol–water partition coefficient (Wildman–Crippen LogP) is 1.70. The van der Waals surface area contributed by atoms with Gasteiger partial charge in [0.1, 0.15) is 0 Å². The molecule has 2 rings (SSSR count). The summed E-state index contributed by atoms with van der Waals surface area (Å²) >= 11 is 7.00. The van der Waals surface area contributed by atoms with Gasteiger partial charge < -0.3 is 10.2 Å². The summed E-state index contributed by atoms with van der Waals surface area (Å²) in [7, 11) is 2.15. The number of nitrogens with one attached hydrogen (secondary N) is 1. The van der Waals surface area contributed by atoms with Crippen LogP contribution in [0.2, 0.25) is 5.15 Å². The third kappa shape index (κ3) is 2.34. The van der Waals surface area contributed by atoms with Crippen molar-refractivity contribution >= 4 is 29.1 Å². The zero-order valence-corrected chi connectivity index (χ0v) is 9.61. The van der Waals surface area contributed by atoms with Crippen molar-refractivity contribution in [2.24, 2.45) is 0 Å². The van der Waals surface area contributed by atoms with Crippen molar-refractivity contribution in [2.75, 3.05) is 25.5 Å².